The Hall–Kier alpha value is -3.96. The largest absolute Gasteiger partial charge is 0.340 e. The van der Waals surface area contributed by atoms with Crippen molar-refractivity contribution in [3.8, 4) is 11.8 Å². The number of imidazole rings is 1. The third-order valence-corrected chi connectivity index (χ3v) is 5.47. The van der Waals surface area contributed by atoms with E-state index < -0.39 is 0 Å². The molecule has 1 saturated heterocycles. The van der Waals surface area contributed by atoms with E-state index >= 15 is 0 Å². The minimum atomic E-state index is -0.252. The molecule has 154 valence electrons. The predicted molar refractivity (Wildman–Crippen MR) is 118 cm³/mol. The number of nitrogens with one attached hydrogen (secondary N) is 1. The molecular weight excluding hydrogens is 390 g/mol. The zero-order valence-electron chi connectivity index (χ0n) is 16.9. The number of rotatable bonds is 4. The number of fused-ring (bicyclic) bond motifs is 1. The molecule has 1 aliphatic rings. The number of aromatic nitrogens is 4. The van der Waals surface area contributed by atoms with Crippen LogP contribution in [0.1, 0.15) is 11.1 Å². The Kier molecular flexibility index (Phi) is 4.94. The maximum absolute atomic E-state index is 13.6. The van der Waals surface area contributed by atoms with Crippen molar-refractivity contribution in [3.05, 3.63) is 82.3 Å². The van der Waals surface area contributed by atoms with Crippen LogP contribution in [0.3, 0.4) is 0 Å². The van der Waals surface area contributed by atoms with E-state index in [2.05, 4.69) is 21.4 Å². The number of hydrogen-bond acceptors (Lipinski definition) is 6. The standard InChI is InChI=1S/C23H21N7O/c24-14-18-7-4-8-19(13-18)30-22(31)21-20(15-26-30)27-23(28-11-9-25-10-12-28)29(21)16-17-5-2-1-3-6-17/h1-8,13,15,25H,9-12,16H2. The molecule has 31 heavy (non-hydrogen) atoms. The highest BCUT2D eigenvalue weighted by Gasteiger charge is 2.22. The van der Waals surface area contributed by atoms with E-state index in [1.54, 1.807) is 30.5 Å². The van der Waals surface area contributed by atoms with E-state index in [9.17, 15) is 10.1 Å². The van der Waals surface area contributed by atoms with E-state index in [-0.39, 0.29) is 5.56 Å². The van der Waals surface area contributed by atoms with Gasteiger partial charge in [0.15, 0.2) is 0 Å². The Labute approximate surface area is 179 Å². The summed E-state index contributed by atoms with van der Waals surface area (Å²) in [7, 11) is 0. The Balaban J connectivity index is 1.70. The second-order valence-electron chi connectivity index (χ2n) is 7.48. The average Bonchev–Trinajstić information content (AvgIpc) is 3.19. The van der Waals surface area contributed by atoms with Gasteiger partial charge in [0.05, 0.1) is 30.1 Å². The number of nitrogens with zero attached hydrogens (tertiary/aromatic N) is 6. The van der Waals surface area contributed by atoms with Crippen LogP contribution in [-0.2, 0) is 6.54 Å². The van der Waals surface area contributed by atoms with Crippen LogP contribution in [0.25, 0.3) is 16.7 Å². The van der Waals surface area contributed by atoms with Gasteiger partial charge in [-0.3, -0.25) is 4.79 Å². The van der Waals surface area contributed by atoms with Gasteiger partial charge in [-0.2, -0.15) is 15.0 Å². The zero-order valence-corrected chi connectivity index (χ0v) is 16.9. The first-order chi connectivity index (χ1) is 15.2. The monoisotopic (exact) mass is 411 g/mol. The Morgan fingerprint density at radius 1 is 1.06 bits per heavy atom. The summed E-state index contributed by atoms with van der Waals surface area (Å²) in [4.78, 5) is 20.6. The van der Waals surface area contributed by atoms with Gasteiger partial charge in [0, 0.05) is 26.2 Å². The number of nitriles is 1. The Morgan fingerprint density at radius 3 is 2.65 bits per heavy atom. The van der Waals surface area contributed by atoms with Crippen LogP contribution in [0.15, 0.2) is 65.6 Å². The molecule has 0 amide bonds. The van der Waals surface area contributed by atoms with Crippen LogP contribution >= 0.6 is 0 Å². The Morgan fingerprint density at radius 2 is 1.87 bits per heavy atom. The Bertz CT molecular complexity index is 1330. The molecule has 0 atom stereocenters. The minimum Gasteiger partial charge on any atom is -0.340 e. The number of hydrogen-bond donors (Lipinski definition) is 1. The van der Waals surface area contributed by atoms with Crippen LogP contribution < -0.4 is 15.8 Å². The predicted octanol–water partition coefficient (Wildman–Crippen LogP) is 1.91. The molecule has 1 N–H and O–H groups in total. The lowest BCUT2D eigenvalue weighted by Crippen LogP contribution is -2.44. The highest BCUT2D eigenvalue weighted by atomic mass is 16.1. The molecule has 5 rings (SSSR count). The lowest BCUT2D eigenvalue weighted by Gasteiger charge is -2.28. The molecule has 1 fully saturated rings. The van der Waals surface area contributed by atoms with Crippen LogP contribution in [0, 0.1) is 11.3 Å². The smallest absolute Gasteiger partial charge is 0.297 e. The van der Waals surface area contributed by atoms with E-state index in [0.29, 0.717) is 28.8 Å². The topological polar surface area (TPSA) is 91.8 Å². The highest BCUT2D eigenvalue weighted by molar-refractivity contribution is 5.77. The molecule has 0 radical (unpaired) electrons. The molecule has 0 spiro atoms. The van der Waals surface area contributed by atoms with Crippen molar-refractivity contribution in [1.82, 2.24) is 24.6 Å². The fourth-order valence-electron chi connectivity index (χ4n) is 3.95. The summed E-state index contributed by atoms with van der Waals surface area (Å²) in [5, 5.41) is 16.9. The van der Waals surface area contributed by atoms with Gasteiger partial charge in [0.25, 0.3) is 5.56 Å². The van der Waals surface area contributed by atoms with Gasteiger partial charge in [0.1, 0.15) is 11.0 Å². The number of anilines is 1. The molecule has 2 aromatic heterocycles. The molecule has 0 bridgehead atoms. The van der Waals surface area contributed by atoms with Crippen molar-refractivity contribution in [1.29, 1.82) is 5.26 Å². The zero-order chi connectivity index (χ0) is 21.2. The fourth-order valence-corrected chi connectivity index (χ4v) is 3.95. The van der Waals surface area contributed by atoms with Crippen molar-refractivity contribution in [3.63, 3.8) is 0 Å². The van der Waals surface area contributed by atoms with Crippen LogP contribution in [-0.4, -0.2) is 45.5 Å². The summed E-state index contributed by atoms with van der Waals surface area (Å²) < 4.78 is 3.33. The molecule has 1 aliphatic heterocycles. The third kappa shape index (κ3) is 3.56. The molecule has 3 heterocycles. The van der Waals surface area contributed by atoms with E-state index in [4.69, 9.17) is 4.98 Å². The summed E-state index contributed by atoms with van der Waals surface area (Å²) in [6, 6.07) is 19.1. The van der Waals surface area contributed by atoms with Crippen LogP contribution in [0.5, 0.6) is 0 Å². The average molecular weight is 411 g/mol. The molecule has 0 unspecified atom stereocenters. The molecule has 2 aromatic carbocycles. The van der Waals surface area contributed by atoms with Crippen molar-refractivity contribution in [2.45, 2.75) is 6.54 Å². The van der Waals surface area contributed by atoms with Gasteiger partial charge in [0.2, 0.25) is 5.95 Å². The van der Waals surface area contributed by atoms with Gasteiger partial charge < -0.3 is 14.8 Å². The first-order valence-electron chi connectivity index (χ1n) is 10.2. The normalized spacial score (nSPS) is 14.0. The lowest BCUT2D eigenvalue weighted by molar-refractivity contribution is 0.571. The van der Waals surface area contributed by atoms with Crippen molar-refractivity contribution >= 4 is 17.0 Å². The van der Waals surface area contributed by atoms with Crippen LogP contribution in [0.2, 0.25) is 0 Å². The second kappa shape index (κ2) is 8.05. The van der Waals surface area contributed by atoms with Crippen molar-refractivity contribution in [2.24, 2.45) is 0 Å². The summed E-state index contributed by atoms with van der Waals surface area (Å²) in [6.07, 6.45) is 1.63. The van der Waals surface area contributed by atoms with Gasteiger partial charge in [-0.05, 0) is 23.8 Å². The SMILES string of the molecule is N#Cc1cccc(-n2ncc3nc(N4CCNCC4)n(Cc4ccccc4)c3c2=O)c1. The molecule has 0 saturated carbocycles. The van der Waals surface area contributed by atoms with Crippen molar-refractivity contribution < 1.29 is 0 Å². The number of benzene rings is 2. The lowest BCUT2D eigenvalue weighted by atomic mass is 10.2. The third-order valence-electron chi connectivity index (χ3n) is 5.47. The van der Waals surface area contributed by atoms with Crippen LogP contribution in [0.4, 0.5) is 5.95 Å². The van der Waals surface area contributed by atoms with E-state index in [1.807, 2.05) is 34.9 Å². The molecule has 8 nitrogen and oxygen atoms in total. The second-order valence-corrected chi connectivity index (χ2v) is 7.48. The summed E-state index contributed by atoms with van der Waals surface area (Å²) >= 11 is 0. The van der Waals surface area contributed by atoms with E-state index in [1.165, 1.54) is 4.68 Å². The maximum Gasteiger partial charge on any atom is 0.297 e. The molecule has 4 aromatic rings. The van der Waals surface area contributed by atoms with Crippen molar-refractivity contribution in [2.75, 3.05) is 31.1 Å². The molecule has 8 heteroatoms. The quantitative estimate of drug-likeness (QED) is 0.552. The summed E-state index contributed by atoms with van der Waals surface area (Å²) in [5.74, 6) is 0.780. The maximum atomic E-state index is 13.6. The highest BCUT2D eigenvalue weighted by Crippen LogP contribution is 2.22. The van der Waals surface area contributed by atoms with E-state index in [0.717, 1.165) is 37.7 Å². The molecular formula is C23H21N7O. The fraction of sp³-hybridized carbons (Fsp3) is 0.217. The van der Waals surface area contributed by atoms with Gasteiger partial charge in [-0.15, -0.1) is 0 Å². The minimum absolute atomic E-state index is 0.252. The van der Waals surface area contributed by atoms with Gasteiger partial charge in [-0.25, -0.2) is 4.98 Å². The first-order valence-corrected chi connectivity index (χ1v) is 10.2. The van der Waals surface area contributed by atoms with Gasteiger partial charge in [-0.1, -0.05) is 36.4 Å². The summed E-state index contributed by atoms with van der Waals surface area (Å²) in [5.41, 5.74) is 2.95. The van der Waals surface area contributed by atoms with Gasteiger partial charge >= 0.3 is 0 Å². The molecule has 0 aliphatic carbocycles. The summed E-state index contributed by atoms with van der Waals surface area (Å²) in [6.45, 7) is 3.93. The number of piperazine rings is 1. The first kappa shape index (κ1) is 19.0.